The standard InChI is InChI=1S/C22H19Cl2N7O3/c23-14-4-3-5-15(24)18(14)20-28-19-13(8-26-30-19)22(29-20)34-16(11-31-9-12(32)10-31)21(33)27-17-6-1-2-7-25-17/h1-8,12,16,32H,9-11H2,(H,25,27,33)(H,26,28,29,30)/t16-/m0/s1. The Bertz CT molecular complexity index is 1310. The number of β-amino-alcohol motifs (C(OH)–C–C–N with tert-alkyl or cyclic N) is 1. The molecule has 0 unspecified atom stereocenters. The van der Waals surface area contributed by atoms with Crippen molar-refractivity contribution in [3.63, 3.8) is 0 Å². The fourth-order valence-corrected chi connectivity index (χ4v) is 4.17. The molecule has 12 heteroatoms. The van der Waals surface area contributed by atoms with Crippen molar-refractivity contribution in [2.75, 3.05) is 25.0 Å². The van der Waals surface area contributed by atoms with Gasteiger partial charge in [-0.3, -0.25) is 14.8 Å². The number of nitrogens with one attached hydrogen (secondary N) is 2. The molecule has 1 aliphatic heterocycles. The van der Waals surface area contributed by atoms with Crippen LogP contribution in [0.5, 0.6) is 5.88 Å². The number of amides is 1. The van der Waals surface area contributed by atoms with Crippen molar-refractivity contribution in [1.82, 2.24) is 30.0 Å². The van der Waals surface area contributed by atoms with E-state index in [1.807, 2.05) is 4.90 Å². The number of rotatable bonds is 7. The number of aliphatic hydroxyl groups is 1. The Hall–Kier alpha value is -3.31. The summed E-state index contributed by atoms with van der Waals surface area (Å²) in [7, 11) is 0. The number of carbonyl (C=O) groups is 1. The molecular formula is C22H19Cl2N7O3. The minimum absolute atomic E-state index is 0.145. The van der Waals surface area contributed by atoms with Gasteiger partial charge in [-0.05, 0) is 24.3 Å². The lowest BCUT2D eigenvalue weighted by atomic mass is 10.1. The highest BCUT2D eigenvalue weighted by molar-refractivity contribution is 6.39. The molecule has 3 aromatic heterocycles. The highest BCUT2D eigenvalue weighted by Gasteiger charge is 2.32. The number of benzene rings is 1. The van der Waals surface area contributed by atoms with Crippen LogP contribution in [-0.2, 0) is 4.79 Å². The number of fused-ring (bicyclic) bond motifs is 1. The zero-order valence-corrected chi connectivity index (χ0v) is 19.2. The lowest BCUT2D eigenvalue weighted by Crippen LogP contribution is -2.55. The average Bonchev–Trinajstić information content (AvgIpc) is 3.27. The number of anilines is 1. The van der Waals surface area contributed by atoms with E-state index in [-0.39, 0.29) is 18.2 Å². The first-order valence-corrected chi connectivity index (χ1v) is 11.2. The quantitative estimate of drug-likeness (QED) is 0.354. The molecule has 174 valence electrons. The summed E-state index contributed by atoms with van der Waals surface area (Å²) in [6.07, 6.45) is 1.71. The lowest BCUT2D eigenvalue weighted by molar-refractivity contribution is -0.125. The van der Waals surface area contributed by atoms with Gasteiger partial charge in [0, 0.05) is 25.8 Å². The Kier molecular flexibility index (Phi) is 6.29. The highest BCUT2D eigenvalue weighted by atomic mass is 35.5. The van der Waals surface area contributed by atoms with Gasteiger partial charge in [-0.1, -0.05) is 35.3 Å². The van der Waals surface area contributed by atoms with Crippen LogP contribution in [0.15, 0.2) is 48.8 Å². The minimum atomic E-state index is -0.961. The number of aliphatic hydroxyl groups excluding tert-OH is 1. The minimum Gasteiger partial charge on any atom is -0.462 e. The summed E-state index contributed by atoms with van der Waals surface area (Å²) in [5.74, 6) is 0.356. The Morgan fingerprint density at radius 1 is 1.21 bits per heavy atom. The van der Waals surface area contributed by atoms with E-state index in [4.69, 9.17) is 27.9 Å². The third-order valence-electron chi connectivity index (χ3n) is 5.29. The second-order valence-electron chi connectivity index (χ2n) is 7.76. The summed E-state index contributed by atoms with van der Waals surface area (Å²) >= 11 is 12.7. The average molecular weight is 500 g/mol. The van der Waals surface area contributed by atoms with Crippen LogP contribution in [0.25, 0.3) is 22.4 Å². The SMILES string of the molecule is O=C(Nc1ccccn1)[C@H](CN1CC(O)C1)Oc1nc(-c2c(Cl)cccc2Cl)nc2[nH]ncc12. The summed E-state index contributed by atoms with van der Waals surface area (Å²) in [4.78, 5) is 28.2. The number of carbonyl (C=O) groups excluding carboxylic acids is 1. The second kappa shape index (κ2) is 9.51. The van der Waals surface area contributed by atoms with Gasteiger partial charge in [0.1, 0.15) is 11.2 Å². The zero-order valence-electron chi connectivity index (χ0n) is 17.7. The predicted octanol–water partition coefficient (Wildman–Crippen LogP) is 2.78. The van der Waals surface area contributed by atoms with E-state index in [0.717, 1.165) is 0 Å². The number of likely N-dealkylation sites (tertiary alicyclic amines) is 1. The maximum atomic E-state index is 13.1. The van der Waals surface area contributed by atoms with Crippen molar-refractivity contribution in [3.05, 3.63) is 58.8 Å². The number of hydrogen-bond donors (Lipinski definition) is 3. The summed E-state index contributed by atoms with van der Waals surface area (Å²) in [6, 6.07) is 10.3. The Morgan fingerprint density at radius 3 is 2.71 bits per heavy atom. The van der Waals surface area contributed by atoms with Gasteiger partial charge in [-0.2, -0.15) is 10.1 Å². The van der Waals surface area contributed by atoms with Crippen LogP contribution in [0.3, 0.4) is 0 Å². The van der Waals surface area contributed by atoms with Crippen LogP contribution in [0.2, 0.25) is 10.0 Å². The first-order valence-electron chi connectivity index (χ1n) is 10.4. The van der Waals surface area contributed by atoms with Crippen molar-refractivity contribution in [2.45, 2.75) is 12.2 Å². The molecule has 1 amide bonds. The number of nitrogens with zero attached hydrogens (tertiary/aromatic N) is 5. The number of ether oxygens (including phenoxy) is 1. The molecule has 5 rings (SSSR count). The number of H-pyrrole nitrogens is 1. The molecule has 1 saturated heterocycles. The van der Waals surface area contributed by atoms with E-state index in [1.54, 1.807) is 42.6 Å². The molecule has 3 N–H and O–H groups in total. The van der Waals surface area contributed by atoms with Gasteiger partial charge < -0.3 is 15.2 Å². The largest absolute Gasteiger partial charge is 0.462 e. The summed E-state index contributed by atoms with van der Waals surface area (Å²) < 4.78 is 6.14. The molecule has 4 aromatic rings. The molecule has 34 heavy (non-hydrogen) atoms. The monoisotopic (exact) mass is 499 g/mol. The van der Waals surface area contributed by atoms with E-state index in [9.17, 15) is 9.90 Å². The van der Waals surface area contributed by atoms with Crippen molar-refractivity contribution in [1.29, 1.82) is 0 Å². The van der Waals surface area contributed by atoms with Crippen LogP contribution in [0.1, 0.15) is 0 Å². The molecule has 0 aliphatic carbocycles. The van der Waals surface area contributed by atoms with E-state index >= 15 is 0 Å². The van der Waals surface area contributed by atoms with Gasteiger partial charge in [0.15, 0.2) is 17.6 Å². The van der Waals surface area contributed by atoms with Crippen LogP contribution >= 0.6 is 23.2 Å². The lowest BCUT2D eigenvalue weighted by Gasteiger charge is -2.37. The molecule has 1 atom stereocenters. The fourth-order valence-electron chi connectivity index (χ4n) is 3.60. The molecule has 1 aliphatic rings. The van der Waals surface area contributed by atoms with Crippen molar-refractivity contribution < 1.29 is 14.6 Å². The van der Waals surface area contributed by atoms with Crippen molar-refractivity contribution >= 4 is 46.0 Å². The summed E-state index contributed by atoms with van der Waals surface area (Å²) in [5, 5.41) is 20.5. The van der Waals surface area contributed by atoms with E-state index in [1.165, 1.54) is 6.20 Å². The van der Waals surface area contributed by atoms with Crippen LogP contribution < -0.4 is 10.1 Å². The molecule has 4 heterocycles. The molecule has 10 nitrogen and oxygen atoms in total. The Morgan fingerprint density at radius 2 is 2.00 bits per heavy atom. The summed E-state index contributed by atoms with van der Waals surface area (Å²) in [6.45, 7) is 1.13. The van der Waals surface area contributed by atoms with Gasteiger partial charge in [-0.25, -0.2) is 9.97 Å². The molecule has 0 saturated carbocycles. The Balaban J connectivity index is 1.49. The van der Waals surface area contributed by atoms with Gasteiger partial charge in [0.25, 0.3) is 5.91 Å². The molecule has 1 aromatic carbocycles. The first kappa shape index (κ1) is 22.5. The van der Waals surface area contributed by atoms with Gasteiger partial charge in [-0.15, -0.1) is 0 Å². The number of aromatic amines is 1. The normalized spacial score (nSPS) is 15.1. The van der Waals surface area contributed by atoms with Gasteiger partial charge in [0.2, 0.25) is 5.88 Å². The molecule has 0 spiro atoms. The van der Waals surface area contributed by atoms with Crippen LogP contribution in [0, 0.1) is 0 Å². The van der Waals surface area contributed by atoms with Crippen LogP contribution in [0.4, 0.5) is 5.82 Å². The molecule has 1 fully saturated rings. The fraction of sp³-hybridized carbons (Fsp3) is 0.227. The van der Waals surface area contributed by atoms with E-state index in [0.29, 0.717) is 45.5 Å². The smallest absolute Gasteiger partial charge is 0.268 e. The van der Waals surface area contributed by atoms with Crippen LogP contribution in [-0.4, -0.2) is 72.9 Å². The second-order valence-corrected chi connectivity index (χ2v) is 8.58. The van der Waals surface area contributed by atoms with Gasteiger partial charge >= 0.3 is 0 Å². The third kappa shape index (κ3) is 4.66. The number of hydrogen-bond acceptors (Lipinski definition) is 8. The highest BCUT2D eigenvalue weighted by Crippen LogP contribution is 2.35. The number of pyridine rings is 1. The molecule has 0 bridgehead atoms. The number of halogens is 2. The van der Waals surface area contributed by atoms with E-state index in [2.05, 4.69) is 30.5 Å². The van der Waals surface area contributed by atoms with Crippen molar-refractivity contribution in [2.24, 2.45) is 0 Å². The summed E-state index contributed by atoms with van der Waals surface area (Å²) in [5.41, 5.74) is 0.840. The third-order valence-corrected chi connectivity index (χ3v) is 5.92. The topological polar surface area (TPSA) is 129 Å². The van der Waals surface area contributed by atoms with E-state index < -0.39 is 18.1 Å². The van der Waals surface area contributed by atoms with Gasteiger partial charge in [0.05, 0.1) is 27.9 Å². The predicted molar refractivity (Wildman–Crippen MR) is 127 cm³/mol. The molecular weight excluding hydrogens is 481 g/mol. The molecule has 0 radical (unpaired) electrons. The van der Waals surface area contributed by atoms with Crippen molar-refractivity contribution in [3.8, 4) is 17.3 Å². The first-order chi connectivity index (χ1) is 16.5. The zero-order chi connectivity index (χ0) is 23.7. The Labute approximate surface area is 203 Å². The number of aromatic nitrogens is 5. The maximum Gasteiger partial charge on any atom is 0.268 e. The maximum absolute atomic E-state index is 13.1.